The normalized spacial score (nSPS) is 10.8. The molecule has 0 bridgehead atoms. The predicted molar refractivity (Wildman–Crippen MR) is 76.6 cm³/mol. The minimum absolute atomic E-state index is 0.429. The molecule has 17 heavy (non-hydrogen) atoms. The van der Waals surface area contributed by atoms with Crippen LogP contribution in [0.15, 0.2) is 26.1 Å². The Balaban J connectivity index is 3.30. The number of nitrogens with zero attached hydrogens (tertiary/aromatic N) is 2. The van der Waals surface area contributed by atoms with Crippen LogP contribution in [0.5, 0.6) is 0 Å². The molecule has 1 rings (SSSR count). The molecule has 0 aliphatic carbocycles. The lowest BCUT2D eigenvalue weighted by Gasteiger charge is -2.05. The molecule has 0 saturated carbocycles. The lowest BCUT2D eigenvalue weighted by Crippen LogP contribution is -2.12. The van der Waals surface area contributed by atoms with Gasteiger partial charge in [0.05, 0.1) is 5.69 Å². The van der Waals surface area contributed by atoms with Crippen LogP contribution in [0.1, 0.15) is 10.4 Å². The Bertz CT molecular complexity index is 511. The molecular weight excluding hydrogens is 370 g/mol. The molecular formula is C10H7Br2N3OS. The number of nitrogens with one attached hydrogen (secondary N) is 1. The summed E-state index contributed by atoms with van der Waals surface area (Å²) in [6.45, 7) is 0. The summed E-state index contributed by atoms with van der Waals surface area (Å²) in [5.41, 5.74) is 0.938. The Kier molecular flexibility index (Phi) is 5.68. The van der Waals surface area contributed by atoms with E-state index in [1.807, 2.05) is 0 Å². The van der Waals surface area contributed by atoms with Crippen molar-refractivity contribution in [1.82, 2.24) is 5.32 Å². The molecule has 1 N–H and O–H groups in total. The highest BCUT2D eigenvalue weighted by molar-refractivity contribution is 9.11. The minimum atomic E-state index is 0.429. The minimum Gasteiger partial charge on any atom is -0.298 e. The maximum absolute atomic E-state index is 11.0. The zero-order valence-corrected chi connectivity index (χ0v) is 12.7. The van der Waals surface area contributed by atoms with Gasteiger partial charge in [0.1, 0.15) is 0 Å². The summed E-state index contributed by atoms with van der Waals surface area (Å²) in [7, 11) is 0. The molecule has 0 atom stereocenters. The monoisotopic (exact) mass is 375 g/mol. The van der Waals surface area contributed by atoms with Crippen molar-refractivity contribution in [1.29, 1.82) is 5.26 Å². The first-order valence-corrected chi connectivity index (χ1v) is 7.15. The van der Waals surface area contributed by atoms with Gasteiger partial charge in [0.2, 0.25) is 0 Å². The molecule has 0 aromatic heterocycles. The van der Waals surface area contributed by atoms with Crippen LogP contribution in [-0.4, -0.2) is 17.7 Å². The van der Waals surface area contributed by atoms with Gasteiger partial charge in [-0.15, -0.1) is 0 Å². The summed E-state index contributed by atoms with van der Waals surface area (Å²) in [5, 5.41) is 11.4. The highest BCUT2D eigenvalue weighted by Gasteiger charge is 2.08. The molecule has 0 spiro atoms. The molecule has 0 unspecified atom stereocenters. The molecule has 7 heteroatoms. The molecule has 1 aromatic carbocycles. The van der Waals surface area contributed by atoms with Gasteiger partial charge in [-0.2, -0.15) is 5.26 Å². The topological polar surface area (TPSA) is 65.2 Å². The molecule has 0 radical (unpaired) electrons. The number of carbonyl (C=O) groups excluding carboxylic acids is 1. The molecule has 0 aliphatic rings. The first kappa shape index (κ1) is 14.2. The van der Waals surface area contributed by atoms with Gasteiger partial charge in [0.15, 0.2) is 17.6 Å². The fourth-order valence-electron chi connectivity index (χ4n) is 1.07. The number of carbonyl (C=O) groups is 1. The number of benzene rings is 1. The summed E-state index contributed by atoms with van der Waals surface area (Å²) in [6, 6.07) is 3.46. The van der Waals surface area contributed by atoms with Crippen LogP contribution < -0.4 is 5.32 Å². The van der Waals surface area contributed by atoms with Gasteiger partial charge in [-0.25, -0.2) is 4.99 Å². The number of amidine groups is 1. The maximum atomic E-state index is 11.0. The Morgan fingerprint density at radius 3 is 2.82 bits per heavy atom. The summed E-state index contributed by atoms with van der Waals surface area (Å²) in [6.07, 6.45) is 4.30. The Hall–Kier alpha value is -0.840. The predicted octanol–water partition coefficient (Wildman–Crippen LogP) is 3.45. The van der Waals surface area contributed by atoms with Crippen molar-refractivity contribution < 1.29 is 4.79 Å². The number of nitriles is 1. The zero-order chi connectivity index (χ0) is 12.8. The molecule has 0 saturated heterocycles. The van der Waals surface area contributed by atoms with E-state index in [1.165, 1.54) is 11.8 Å². The van der Waals surface area contributed by atoms with E-state index in [-0.39, 0.29) is 0 Å². The summed E-state index contributed by atoms with van der Waals surface area (Å²) < 4.78 is 1.46. The van der Waals surface area contributed by atoms with Crippen molar-refractivity contribution in [3.63, 3.8) is 0 Å². The first-order valence-electron chi connectivity index (χ1n) is 4.34. The number of aliphatic imine (C=N–C) groups is 1. The van der Waals surface area contributed by atoms with Crippen molar-refractivity contribution in [2.45, 2.75) is 0 Å². The fraction of sp³-hybridized carbons (Fsp3) is 0.100. The summed E-state index contributed by atoms with van der Waals surface area (Å²) in [5.74, 6) is 0. The first-order chi connectivity index (χ1) is 8.12. The summed E-state index contributed by atoms with van der Waals surface area (Å²) in [4.78, 5) is 15.2. The van der Waals surface area contributed by atoms with Gasteiger partial charge in [-0.3, -0.25) is 10.1 Å². The summed E-state index contributed by atoms with van der Waals surface area (Å²) >= 11 is 7.91. The molecule has 0 aliphatic heterocycles. The van der Waals surface area contributed by atoms with E-state index in [2.05, 4.69) is 42.2 Å². The Labute approximate surface area is 120 Å². The quantitative estimate of drug-likeness (QED) is 0.282. The molecule has 0 amide bonds. The van der Waals surface area contributed by atoms with Crippen LogP contribution in [0, 0.1) is 11.5 Å². The van der Waals surface area contributed by atoms with Gasteiger partial charge in [-0.05, 0) is 34.3 Å². The third kappa shape index (κ3) is 3.84. The van der Waals surface area contributed by atoms with E-state index < -0.39 is 0 Å². The molecule has 0 heterocycles. The standard InChI is InChI=1S/C10H7Br2N3OS/c1-17-10(14-5-13)15-9-6(4-16)2-7(11)3-8(9)12/h2-4H,1H3,(H,14,15). The SMILES string of the molecule is CSC(=Nc1c(Br)cc(Br)cc1C=O)NC#N. The zero-order valence-electron chi connectivity index (χ0n) is 8.70. The molecule has 4 nitrogen and oxygen atoms in total. The van der Waals surface area contributed by atoms with E-state index in [9.17, 15) is 4.79 Å². The second-order valence-corrected chi connectivity index (χ2v) is 5.37. The van der Waals surface area contributed by atoms with Crippen molar-refractivity contribution >= 4 is 60.8 Å². The third-order valence-corrected chi connectivity index (χ3v) is 3.40. The average Bonchev–Trinajstić information content (AvgIpc) is 2.30. The van der Waals surface area contributed by atoms with E-state index >= 15 is 0 Å². The highest BCUT2D eigenvalue weighted by Crippen LogP contribution is 2.32. The number of thioether (sulfide) groups is 1. The third-order valence-electron chi connectivity index (χ3n) is 1.75. The maximum Gasteiger partial charge on any atom is 0.183 e. The van der Waals surface area contributed by atoms with E-state index in [4.69, 9.17) is 5.26 Å². The number of halogens is 2. The highest BCUT2D eigenvalue weighted by atomic mass is 79.9. The van der Waals surface area contributed by atoms with Crippen LogP contribution >= 0.6 is 43.6 Å². The van der Waals surface area contributed by atoms with Gasteiger partial charge in [0.25, 0.3) is 0 Å². The smallest absolute Gasteiger partial charge is 0.183 e. The van der Waals surface area contributed by atoms with Gasteiger partial charge in [-0.1, -0.05) is 27.7 Å². The Morgan fingerprint density at radius 2 is 2.29 bits per heavy atom. The average molecular weight is 377 g/mol. The van der Waals surface area contributed by atoms with Crippen LogP contribution in [-0.2, 0) is 0 Å². The van der Waals surface area contributed by atoms with Gasteiger partial charge < -0.3 is 0 Å². The van der Waals surface area contributed by atoms with Gasteiger partial charge in [0, 0.05) is 14.5 Å². The van der Waals surface area contributed by atoms with Gasteiger partial charge >= 0.3 is 0 Å². The second kappa shape index (κ2) is 6.79. The van der Waals surface area contributed by atoms with E-state index in [1.54, 1.807) is 24.6 Å². The van der Waals surface area contributed by atoms with Crippen LogP contribution in [0.4, 0.5) is 5.69 Å². The van der Waals surface area contributed by atoms with E-state index in [0.29, 0.717) is 20.9 Å². The van der Waals surface area contributed by atoms with E-state index in [0.717, 1.165) is 10.8 Å². The number of hydrogen-bond acceptors (Lipinski definition) is 4. The Morgan fingerprint density at radius 1 is 1.59 bits per heavy atom. The number of aldehydes is 1. The lowest BCUT2D eigenvalue weighted by molar-refractivity contribution is 0.112. The molecule has 88 valence electrons. The van der Waals surface area contributed by atoms with Crippen LogP contribution in [0.3, 0.4) is 0 Å². The van der Waals surface area contributed by atoms with Crippen molar-refractivity contribution in [2.75, 3.05) is 6.26 Å². The fourth-order valence-corrected chi connectivity index (χ4v) is 2.74. The second-order valence-electron chi connectivity index (χ2n) is 2.80. The molecule has 1 aromatic rings. The van der Waals surface area contributed by atoms with Crippen molar-refractivity contribution in [3.8, 4) is 6.19 Å². The number of rotatable bonds is 2. The lowest BCUT2D eigenvalue weighted by atomic mass is 10.2. The number of hydrogen-bond donors (Lipinski definition) is 1. The molecule has 0 fully saturated rings. The van der Waals surface area contributed by atoms with Crippen molar-refractivity contribution in [2.24, 2.45) is 4.99 Å². The largest absolute Gasteiger partial charge is 0.298 e. The van der Waals surface area contributed by atoms with Crippen LogP contribution in [0.25, 0.3) is 0 Å². The van der Waals surface area contributed by atoms with Crippen LogP contribution in [0.2, 0.25) is 0 Å². The van der Waals surface area contributed by atoms with Crippen molar-refractivity contribution in [3.05, 3.63) is 26.6 Å².